The predicted octanol–water partition coefficient (Wildman–Crippen LogP) is 3.12. The van der Waals surface area contributed by atoms with Crippen LogP contribution in [0.2, 0.25) is 0 Å². The van der Waals surface area contributed by atoms with E-state index in [2.05, 4.69) is 17.6 Å². The molecule has 3 rings (SSSR count). The van der Waals surface area contributed by atoms with Gasteiger partial charge in [-0.15, -0.1) is 0 Å². The summed E-state index contributed by atoms with van der Waals surface area (Å²) in [5.41, 5.74) is 0.709. The second kappa shape index (κ2) is 8.28. The van der Waals surface area contributed by atoms with E-state index in [1.54, 1.807) is 0 Å². The summed E-state index contributed by atoms with van der Waals surface area (Å²) in [6.45, 7) is 3.85. The molecule has 0 spiro atoms. The maximum absolute atomic E-state index is 13.3. The molecule has 2 N–H and O–H groups in total. The number of ether oxygens (including phenoxy) is 1. The number of amides is 1. The highest BCUT2D eigenvalue weighted by molar-refractivity contribution is 5.78. The molecule has 5 heteroatoms. The molecule has 0 radical (unpaired) electrons. The number of carbonyl (C=O) groups excluding carboxylic acids is 1. The summed E-state index contributed by atoms with van der Waals surface area (Å²) < 4.78 is 18.8. The lowest BCUT2D eigenvalue weighted by Gasteiger charge is -2.39. The Morgan fingerprint density at radius 2 is 1.80 bits per heavy atom. The molecule has 1 aromatic carbocycles. The second-order valence-electron chi connectivity index (χ2n) is 7.58. The monoisotopic (exact) mass is 348 g/mol. The largest absolute Gasteiger partial charge is 0.381 e. The van der Waals surface area contributed by atoms with Crippen molar-refractivity contribution < 1.29 is 13.9 Å². The molecule has 2 fully saturated rings. The van der Waals surface area contributed by atoms with Crippen molar-refractivity contribution in [3.63, 3.8) is 0 Å². The number of benzene rings is 1. The number of carbonyl (C=O) groups is 1. The van der Waals surface area contributed by atoms with Crippen LogP contribution in [0.3, 0.4) is 0 Å². The maximum atomic E-state index is 13.3. The van der Waals surface area contributed by atoms with Crippen molar-refractivity contribution in [3.05, 3.63) is 35.6 Å². The number of halogens is 1. The zero-order valence-electron chi connectivity index (χ0n) is 15.0. The van der Waals surface area contributed by atoms with Crippen molar-refractivity contribution in [2.75, 3.05) is 19.8 Å². The van der Waals surface area contributed by atoms with Crippen molar-refractivity contribution >= 4 is 5.91 Å². The first-order valence-corrected chi connectivity index (χ1v) is 9.46. The first-order valence-electron chi connectivity index (χ1n) is 9.46. The molecule has 2 aliphatic rings. The van der Waals surface area contributed by atoms with E-state index in [9.17, 15) is 9.18 Å². The molecule has 1 saturated carbocycles. The second-order valence-corrected chi connectivity index (χ2v) is 7.58. The standard InChI is InChI=1S/C20H29FN2O2/c1-15-2-8-18(9-3-15)23-19(24)14-22-20(10-12-25-13-11-20)16-4-6-17(21)7-5-16/h4-7,15,18,22H,2-3,8-14H2,1H3,(H,23,24). The Balaban J connectivity index is 1.59. The zero-order chi connectivity index (χ0) is 17.7. The van der Waals surface area contributed by atoms with Crippen LogP contribution in [-0.4, -0.2) is 31.7 Å². The van der Waals surface area contributed by atoms with Gasteiger partial charge in [0.1, 0.15) is 5.82 Å². The highest BCUT2D eigenvalue weighted by Gasteiger charge is 2.34. The third kappa shape index (κ3) is 4.79. The Morgan fingerprint density at radius 3 is 2.44 bits per heavy atom. The van der Waals surface area contributed by atoms with E-state index >= 15 is 0 Å². The Labute approximate surface area is 149 Å². The highest BCUT2D eigenvalue weighted by atomic mass is 19.1. The Kier molecular flexibility index (Phi) is 6.07. The molecule has 1 aromatic rings. The quantitative estimate of drug-likeness (QED) is 0.860. The van der Waals surface area contributed by atoms with E-state index in [1.165, 1.54) is 25.0 Å². The summed E-state index contributed by atoms with van der Waals surface area (Å²) in [6, 6.07) is 6.90. The third-order valence-electron chi connectivity index (χ3n) is 5.71. The molecule has 25 heavy (non-hydrogen) atoms. The van der Waals surface area contributed by atoms with Crippen LogP contribution in [0.25, 0.3) is 0 Å². The number of hydrogen-bond donors (Lipinski definition) is 2. The van der Waals surface area contributed by atoms with E-state index in [0.29, 0.717) is 19.3 Å². The molecule has 1 aliphatic heterocycles. The minimum atomic E-state index is -0.315. The fourth-order valence-corrected chi connectivity index (χ4v) is 3.99. The topological polar surface area (TPSA) is 50.4 Å². The van der Waals surface area contributed by atoms with Gasteiger partial charge in [-0.05, 0) is 62.1 Å². The molecule has 0 atom stereocenters. The van der Waals surface area contributed by atoms with E-state index in [0.717, 1.165) is 37.2 Å². The van der Waals surface area contributed by atoms with Gasteiger partial charge in [0.15, 0.2) is 0 Å². The molecule has 138 valence electrons. The van der Waals surface area contributed by atoms with E-state index < -0.39 is 0 Å². The third-order valence-corrected chi connectivity index (χ3v) is 5.71. The Morgan fingerprint density at radius 1 is 1.16 bits per heavy atom. The first-order chi connectivity index (χ1) is 12.1. The summed E-state index contributed by atoms with van der Waals surface area (Å²) in [4.78, 5) is 12.4. The van der Waals surface area contributed by atoms with Gasteiger partial charge in [0.05, 0.1) is 6.54 Å². The van der Waals surface area contributed by atoms with Crippen LogP contribution < -0.4 is 10.6 Å². The molecule has 1 aliphatic carbocycles. The van der Waals surface area contributed by atoms with Gasteiger partial charge < -0.3 is 10.1 Å². The fourth-order valence-electron chi connectivity index (χ4n) is 3.99. The fraction of sp³-hybridized carbons (Fsp3) is 0.650. The van der Waals surface area contributed by atoms with Crippen LogP contribution in [-0.2, 0) is 15.1 Å². The van der Waals surface area contributed by atoms with Gasteiger partial charge in [0, 0.05) is 24.8 Å². The predicted molar refractivity (Wildman–Crippen MR) is 95.7 cm³/mol. The molecular formula is C20H29FN2O2. The summed E-state index contributed by atoms with van der Waals surface area (Å²) in [5, 5.41) is 6.62. The molecule has 1 saturated heterocycles. The van der Waals surface area contributed by atoms with E-state index in [4.69, 9.17) is 4.74 Å². The average Bonchev–Trinajstić information content (AvgIpc) is 2.63. The summed E-state index contributed by atoms with van der Waals surface area (Å²) in [6.07, 6.45) is 6.10. The molecule has 4 nitrogen and oxygen atoms in total. The van der Waals surface area contributed by atoms with Crippen molar-refractivity contribution in [2.45, 2.75) is 57.0 Å². The van der Waals surface area contributed by atoms with Crippen molar-refractivity contribution in [3.8, 4) is 0 Å². The number of nitrogens with one attached hydrogen (secondary N) is 2. The Hall–Kier alpha value is -1.46. The van der Waals surface area contributed by atoms with E-state index in [1.807, 2.05) is 12.1 Å². The maximum Gasteiger partial charge on any atom is 0.234 e. The van der Waals surface area contributed by atoms with Gasteiger partial charge in [-0.1, -0.05) is 19.1 Å². The highest BCUT2D eigenvalue weighted by Crippen LogP contribution is 2.32. The van der Waals surface area contributed by atoms with Crippen LogP contribution in [0.1, 0.15) is 51.0 Å². The molecular weight excluding hydrogens is 319 g/mol. The molecule has 1 amide bonds. The molecule has 0 bridgehead atoms. The van der Waals surface area contributed by atoms with Crippen LogP contribution in [0.15, 0.2) is 24.3 Å². The van der Waals surface area contributed by atoms with Gasteiger partial charge in [-0.3, -0.25) is 10.1 Å². The molecule has 0 aromatic heterocycles. The van der Waals surface area contributed by atoms with Gasteiger partial charge in [0.2, 0.25) is 5.91 Å². The first kappa shape index (κ1) is 18.3. The van der Waals surface area contributed by atoms with Gasteiger partial charge in [0.25, 0.3) is 0 Å². The zero-order valence-corrected chi connectivity index (χ0v) is 15.0. The summed E-state index contributed by atoms with van der Waals surface area (Å²) in [7, 11) is 0. The van der Waals surface area contributed by atoms with Gasteiger partial charge >= 0.3 is 0 Å². The summed E-state index contributed by atoms with van der Waals surface area (Å²) >= 11 is 0. The lowest BCUT2D eigenvalue weighted by molar-refractivity contribution is -0.121. The van der Waals surface area contributed by atoms with Crippen molar-refractivity contribution in [1.82, 2.24) is 10.6 Å². The van der Waals surface area contributed by atoms with Crippen LogP contribution >= 0.6 is 0 Å². The smallest absolute Gasteiger partial charge is 0.234 e. The number of hydrogen-bond acceptors (Lipinski definition) is 3. The van der Waals surface area contributed by atoms with Crippen LogP contribution in [0.4, 0.5) is 4.39 Å². The lowest BCUT2D eigenvalue weighted by atomic mass is 9.82. The minimum absolute atomic E-state index is 0.0486. The van der Waals surface area contributed by atoms with Crippen molar-refractivity contribution in [2.24, 2.45) is 5.92 Å². The lowest BCUT2D eigenvalue weighted by Crippen LogP contribution is -2.51. The Bertz CT molecular complexity index is 562. The molecule has 0 unspecified atom stereocenters. The van der Waals surface area contributed by atoms with E-state index in [-0.39, 0.29) is 23.8 Å². The normalized spacial score (nSPS) is 26.2. The van der Waals surface area contributed by atoms with Gasteiger partial charge in [-0.25, -0.2) is 4.39 Å². The molecule has 1 heterocycles. The van der Waals surface area contributed by atoms with Gasteiger partial charge in [-0.2, -0.15) is 0 Å². The minimum Gasteiger partial charge on any atom is -0.381 e. The van der Waals surface area contributed by atoms with Crippen molar-refractivity contribution in [1.29, 1.82) is 0 Å². The SMILES string of the molecule is CC1CCC(NC(=O)CNC2(c3ccc(F)cc3)CCOCC2)CC1. The summed E-state index contributed by atoms with van der Waals surface area (Å²) in [5.74, 6) is 0.582. The average molecular weight is 348 g/mol. The van der Waals surface area contributed by atoms with Crippen LogP contribution in [0, 0.1) is 11.7 Å². The number of rotatable bonds is 5. The van der Waals surface area contributed by atoms with Crippen LogP contribution in [0.5, 0.6) is 0 Å².